The minimum absolute atomic E-state index is 0.0590. The lowest BCUT2D eigenvalue weighted by atomic mass is 9.81. The van der Waals surface area contributed by atoms with Crippen LogP contribution in [-0.2, 0) is 38.9 Å². The Hall–Kier alpha value is -13.9. The van der Waals surface area contributed by atoms with E-state index in [-0.39, 0.29) is 32.5 Å². The Morgan fingerprint density at radius 2 is 0.391 bits per heavy atom. The van der Waals surface area contributed by atoms with E-state index in [1.54, 1.807) is 0 Å². The summed E-state index contributed by atoms with van der Waals surface area (Å²) in [6.45, 7) is 28.5. The van der Waals surface area contributed by atoms with E-state index in [0.29, 0.717) is 0 Å². The van der Waals surface area contributed by atoms with Crippen LogP contribution in [0.5, 0.6) is 0 Å². The number of fused-ring (bicyclic) bond motifs is 24. The normalized spacial score (nSPS) is 15.1. The minimum atomic E-state index is -0.165. The van der Waals surface area contributed by atoms with Crippen molar-refractivity contribution in [1.82, 2.24) is 9.13 Å². The van der Waals surface area contributed by atoms with Gasteiger partial charge in [0.1, 0.15) is 0 Å². The molecule has 6 heteroatoms. The van der Waals surface area contributed by atoms with Gasteiger partial charge in [-0.25, -0.2) is 0 Å². The molecule has 6 aliphatic carbocycles. The molecule has 644 valence electrons. The van der Waals surface area contributed by atoms with Crippen molar-refractivity contribution in [2.24, 2.45) is 0 Å². The first-order valence-corrected chi connectivity index (χ1v) is 48.5. The Morgan fingerprint density at radius 1 is 0.188 bits per heavy atom. The minimum Gasteiger partial charge on any atom is -0.310 e. The predicted molar refractivity (Wildman–Crippen MR) is 567 cm³/mol. The van der Waals surface area contributed by atoms with Gasteiger partial charge >= 0.3 is 0 Å². The lowest BCUT2D eigenvalue weighted by Crippen LogP contribution is -2.18. The highest BCUT2D eigenvalue weighted by Gasteiger charge is 2.43. The number of hydrogen-bond acceptors (Lipinski definition) is 2. The van der Waals surface area contributed by atoms with E-state index in [1.807, 2.05) is 6.07 Å². The SMILES string of the molecule is Brc1ccc2c(c1)c1cc(Br)ccc1n2-c1ccccc1.CC1(C)c2ccccc2-c2ccc(Cc3ccc4c(c3)C(C)(C)c3ccccc3-4)cc21.CC1(C)c2ccccc2-c2ccc(N(c3ccc4c(c3)C(C)(C)c3ccccc3-4)c3ccc4c(c3)c3cc(N(c5ccc6c(c5)C(C)(C)c5ccccc5-6)c5ccc6c(c5)C(C)(C)c5ccccc5-6)ccc3n4-c3ccccc3)cc21. The Kier molecular flexibility index (Phi) is 18.8. The monoisotopic (exact) mass is 1840 g/mol. The molecule has 0 N–H and O–H groups in total. The van der Waals surface area contributed by atoms with Gasteiger partial charge in [-0.2, -0.15) is 0 Å². The Bertz CT molecular complexity index is 7610. The quantitative estimate of drug-likeness (QED) is 0.136. The second kappa shape index (κ2) is 30.3. The summed E-state index contributed by atoms with van der Waals surface area (Å²) in [5, 5.41) is 4.89. The predicted octanol–water partition coefficient (Wildman–Crippen LogP) is 35.1. The summed E-state index contributed by atoms with van der Waals surface area (Å²) in [6, 6.07) is 145. The zero-order valence-corrected chi connectivity index (χ0v) is 80.4. The largest absolute Gasteiger partial charge is 0.310 e. The van der Waals surface area contributed by atoms with Crippen molar-refractivity contribution in [2.45, 2.75) is 122 Å². The molecular weight excluding hydrogens is 1740 g/mol. The number of rotatable bonds is 10. The maximum atomic E-state index is 3.58. The van der Waals surface area contributed by atoms with Crippen molar-refractivity contribution in [3.8, 4) is 78.1 Å². The first kappa shape index (κ1) is 82.3. The van der Waals surface area contributed by atoms with Gasteiger partial charge in [0.05, 0.1) is 22.1 Å². The van der Waals surface area contributed by atoms with Gasteiger partial charge in [-0.05, 0) is 297 Å². The van der Waals surface area contributed by atoms with E-state index in [2.05, 4.69) is 516 Å². The highest BCUT2D eigenvalue weighted by Crippen LogP contribution is 2.59. The molecule has 20 aromatic rings. The van der Waals surface area contributed by atoms with Gasteiger partial charge in [0, 0.05) is 108 Å². The van der Waals surface area contributed by atoms with Crippen LogP contribution < -0.4 is 9.80 Å². The molecule has 4 nitrogen and oxygen atoms in total. The van der Waals surface area contributed by atoms with Crippen molar-refractivity contribution < 1.29 is 0 Å². The molecule has 26 rings (SSSR count). The summed E-state index contributed by atoms with van der Waals surface area (Å²) in [5.41, 5.74) is 49.0. The number of benzene rings is 18. The first-order valence-electron chi connectivity index (χ1n) is 46.9. The Labute approximate surface area is 797 Å². The number of anilines is 6. The van der Waals surface area contributed by atoms with Crippen molar-refractivity contribution >= 4 is 110 Å². The molecule has 0 spiro atoms. The Morgan fingerprint density at radius 3 is 0.662 bits per heavy atom. The molecule has 6 aliphatic rings. The first-order chi connectivity index (χ1) is 64.3. The van der Waals surface area contributed by atoms with Crippen LogP contribution in [0.4, 0.5) is 34.1 Å². The number of aromatic nitrogens is 2. The van der Waals surface area contributed by atoms with E-state index in [4.69, 9.17) is 0 Å². The number of para-hydroxylation sites is 2. The maximum absolute atomic E-state index is 3.58. The standard InChI is InChI=1S/C78H63N3.C31H28.C18H11Br2N/c1-75(2)65-26-16-12-22-55(65)59-36-30-51(44-69(59)75)79(52-31-37-60-56-23-13-17-27-66(56)76(3,4)70(60)45-52)49-34-40-73-63(42-49)64-43-50(35-41-74(64)81(73)48-20-10-9-11-21-48)80(53-32-38-61-57-24-14-18-28-67(57)77(5,6)71(61)46-53)54-33-39-62-58-25-15-19-29-68(58)78(7,8)72(62)47-54;1-30(2)26-11-7-5-9-22(26)24-15-13-20(18-28(24)30)17-21-14-16-25-23-10-6-8-12-27(23)31(3,4)29(25)19-21;19-12-6-8-17-15(10-12)16-11-13(20)7-9-18(16)21(17)14-4-2-1-3-5-14/h9-47H,1-8H3;5-16,18-19H,17H2,1-4H3;1-11H. The maximum Gasteiger partial charge on any atom is 0.0542 e. The lowest BCUT2D eigenvalue weighted by molar-refractivity contribution is 0.658. The van der Waals surface area contributed by atoms with Gasteiger partial charge in [0.25, 0.3) is 0 Å². The smallest absolute Gasteiger partial charge is 0.0542 e. The molecule has 2 heterocycles. The summed E-state index contributed by atoms with van der Waals surface area (Å²) in [6.07, 6.45) is 0.972. The van der Waals surface area contributed by atoms with Crippen LogP contribution in [0.25, 0.3) is 122 Å². The highest BCUT2D eigenvalue weighted by molar-refractivity contribution is 9.10. The average Bonchev–Trinajstić information content (AvgIpc) is 1.56. The molecule has 0 amide bonds. The molecule has 0 atom stereocenters. The highest BCUT2D eigenvalue weighted by atomic mass is 79.9. The molecule has 0 unspecified atom stereocenters. The van der Waals surface area contributed by atoms with Crippen LogP contribution in [-0.4, -0.2) is 9.13 Å². The van der Waals surface area contributed by atoms with E-state index in [9.17, 15) is 0 Å². The summed E-state index contributed by atoms with van der Waals surface area (Å²) < 4.78 is 6.97. The van der Waals surface area contributed by atoms with Gasteiger partial charge in [0.15, 0.2) is 0 Å². The zero-order valence-electron chi connectivity index (χ0n) is 77.2. The van der Waals surface area contributed by atoms with Gasteiger partial charge < -0.3 is 18.9 Å². The van der Waals surface area contributed by atoms with Gasteiger partial charge in [0.2, 0.25) is 0 Å². The van der Waals surface area contributed by atoms with Crippen LogP contribution in [0.2, 0.25) is 0 Å². The van der Waals surface area contributed by atoms with E-state index < -0.39 is 0 Å². The number of nitrogens with zero attached hydrogens (tertiary/aromatic N) is 4. The zero-order chi connectivity index (χ0) is 90.7. The Balaban J connectivity index is 0.000000151. The van der Waals surface area contributed by atoms with E-state index >= 15 is 0 Å². The van der Waals surface area contributed by atoms with Crippen LogP contribution in [0.15, 0.2) is 397 Å². The third-order valence-corrected chi connectivity index (χ3v) is 32.0. The third kappa shape index (κ3) is 12.7. The topological polar surface area (TPSA) is 16.3 Å². The molecular formula is C127H102Br2N4. The van der Waals surface area contributed by atoms with Crippen molar-refractivity contribution in [1.29, 1.82) is 0 Å². The van der Waals surface area contributed by atoms with Crippen LogP contribution in [0.3, 0.4) is 0 Å². The number of hydrogen-bond donors (Lipinski definition) is 0. The second-order valence-corrected chi connectivity index (χ2v) is 42.4. The van der Waals surface area contributed by atoms with Gasteiger partial charge in [-0.15, -0.1) is 0 Å². The molecule has 0 radical (unpaired) electrons. The fourth-order valence-corrected chi connectivity index (χ4v) is 24.9. The van der Waals surface area contributed by atoms with Gasteiger partial charge in [-0.3, -0.25) is 0 Å². The lowest BCUT2D eigenvalue weighted by Gasteiger charge is -2.30. The average molecular weight is 1840 g/mol. The number of halogens is 2. The fourth-order valence-electron chi connectivity index (χ4n) is 24.1. The molecule has 133 heavy (non-hydrogen) atoms. The summed E-state index contributed by atoms with van der Waals surface area (Å²) in [5.74, 6) is 0. The fraction of sp³-hybridized carbons (Fsp3) is 0.150. The summed E-state index contributed by atoms with van der Waals surface area (Å²) in [4.78, 5) is 5.04. The van der Waals surface area contributed by atoms with Crippen molar-refractivity contribution in [3.63, 3.8) is 0 Å². The molecule has 0 saturated carbocycles. The molecule has 0 saturated heterocycles. The third-order valence-electron chi connectivity index (χ3n) is 31.0. The van der Waals surface area contributed by atoms with Crippen LogP contribution in [0.1, 0.15) is 161 Å². The summed E-state index contributed by atoms with van der Waals surface area (Å²) >= 11 is 7.16. The van der Waals surface area contributed by atoms with E-state index in [1.165, 1.54) is 183 Å². The molecule has 0 bridgehead atoms. The molecule has 18 aromatic carbocycles. The molecule has 0 aliphatic heterocycles. The molecule has 0 fully saturated rings. The van der Waals surface area contributed by atoms with E-state index in [0.717, 1.165) is 66.2 Å². The van der Waals surface area contributed by atoms with Gasteiger partial charge in [-0.1, -0.05) is 358 Å². The van der Waals surface area contributed by atoms with Crippen molar-refractivity contribution in [2.75, 3.05) is 9.80 Å². The van der Waals surface area contributed by atoms with Crippen LogP contribution in [0, 0.1) is 0 Å². The second-order valence-electron chi connectivity index (χ2n) is 40.6. The summed E-state index contributed by atoms with van der Waals surface area (Å²) in [7, 11) is 0. The van der Waals surface area contributed by atoms with Crippen molar-refractivity contribution in [3.05, 3.63) is 475 Å². The van der Waals surface area contributed by atoms with Crippen LogP contribution >= 0.6 is 31.9 Å². The molecule has 2 aromatic heterocycles.